The highest BCUT2D eigenvalue weighted by Gasteiger charge is 2.32. The standard InChI is InChI=1S/C25H33ClN2O4S/c1-17-12-25(18(2)11-22(17)26)33(29,30)28-9-5-19(6-10-28)15-27-8-7-20-13-23(31-3)24(32-4)14-21(20)16-27/h11-14,19H,5-10,15-16H2,1-4H3. The SMILES string of the molecule is COc1cc2c(cc1OC)CN(CC1CCN(S(=O)(=O)c3cc(C)c(Cl)cc3C)CC1)CC2. The summed E-state index contributed by atoms with van der Waals surface area (Å²) in [7, 11) is -0.173. The molecular weight excluding hydrogens is 460 g/mol. The van der Waals surface area contributed by atoms with E-state index in [-0.39, 0.29) is 0 Å². The Morgan fingerprint density at radius 1 is 0.939 bits per heavy atom. The van der Waals surface area contributed by atoms with Gasteiger partial charge < -0.3 is 9.47 Å². The molecule has 0 aromatic heterocycles. The van der Waals surface area contributed by atoms with E-state index in [9.17, 15) is 8.42 Å². The van der Waals surface area contributed by atoms with Crippen LogP contribution in [0.15, 0.2) is 29.2 Å². The van der Waals surface area contributed by atoms with Crippen molar-refractivity contribution < 1.29 is 17.9 Å². The van der Waals surface area contributed by atoms with Gasteiger partial charge in [0.1, 0.15) is 0 Å². The summed E-state index contributed by atoms with van der Waals surface area (Å²) in [6, 6.07) is 7.63. The van der Waals surface area contributed by atoms with E-state index in [0.29, 0.717) is 34.5 Å². The first-order chi connectivity index (χ1) is 15.7. The van der Waals surface area contributed by atoms with Crippen LogP contribution in [0.1, 0.15) is 35.1 Å². The van der Waals surface area contributed by atoms with E-state index in [0.717, 1.165) is 56.0 Å². The minimum Gasteiger partial charge on any atom is -0.493 e. The Balaban J connectivity index is 1.38. The van der Waals surface area contributed by atoms with Crippen molar-refractivity contribution in [2.45, 2.75) is 44.6 Å². The normalized spacial score (nSPS) is 18.2. The third kappa shape index (κ3) is 5.02. The molecule has 0 bridgehead atoms. The number of nitrogens with zero attached hydrogens (tertiary/aromatic N) is 2. The number of hydrogen-bond donors (Lipinski definition) is 0. The highest BCUT2D eigenvalue weighted by Crippen LogP contribution is 2.34. The summed E-state index contributed by atoms with van der Waals surface area (Å²) in [5.41, 5.74) is 4.09. The first-order valence-corrected chi connectivity index (χ1v) is 13.3. The lowest BCUT2D eigenvalue weighted by Crippen LogP contribution is -2.42. The highest BCUT2D eigenvalue weighted by atomic mass is 35.5. The van der Waals surface area contributed by atoms with Crippen LogP contribution in [0.5, 0.6) is 11.5 Å². The fourth-order valence-corrected chi connectivity index (χ4v) is 6.95. The van der Waals surface area contributed by atoms with E-state index < -0.39 is 10.0 Å². The summed E-state index contributed by atoms with van der Waals surface area (Å²) in [4.78, 5) is 2.86. The van der Waals surface area contributed by atoms with Gasteiger partial charge in [-0.25, -0.2) is 8.42 Å². The van der Waals surface area contributed by atoms with Gasteiger partial charge in [0, 0.05) is 37.7 Å². The molecule has 6 nitrogen and oxygen atoms in total. The number of hydrogen-bond acceptors (Lipinski definition) is 5. The van der Waals surface area contributed by atoms with Gasteiger partial charge in [0.15, 0.2) is 11.5 Å². The number of sulfonamides is 1. The summed E-state index contributed by atoms with van der Waals surface area (Å²) in [6.45, 7) is 7.65. The summed E-state index contributed by atoms with van der Waals surface area (Å²) < 4.78 is 39.1. The van der Waals surface area contributed by atoms with Crippen LogP contribution in [0.25, 0.3) is 0 Å². The van der Waals surface area contributed by atoms with Crippen LogP contribution in [0, 0.1) is 19.8 Å². The van der Waals surface area contributed by atoms with Crippen molar-refractivity contribution >= 4 is 21.6 Å². The van der Waals surface area contributed by atoms with E-state index in [1.165, 1.54) is 11.1 Å². The van der Waals surface area contributed by atoms with Crippen molar-refractivity contribution in [2.75, 3.05) is 40.4 Å². The number of halogens is 1. The average Bonchev–Trinajstić information content (AvgIpc) is 2.80. The molecule has 0 aliphatic carbocycles. The molecule has 0 saturated carbocycles. The number of ether oxygens (including phenoxy) is 2. The van der Waals surface area contributed by atoms with Crippen LogP contribution in [0.3, 0.4) is 0 Å². The number of piperidine rings is 1. The van der Waals surface area contributed by atoms with Crippen LogP contribution in [0.4, 0.5) is 0 Å². The van der Waals surface area contributed by atoms with Gasteiger partial charge in [-0.15, -0.1) is 0 Å². The lowest BCUT2D eigenvalue weighted by molar-refractivity contribution is 0.171. The lowest BCUT2D eigenvalue weighted by Gasteiger charge is -2.36. The minimum absolute atomic E-state index is 0.375. The largest absolute Gasteiger partial charge is 0.493 e. The van der Waals surface area contributed by atoms with E-state index in [2.05, 4.69) is 17.0 Å². The second-order valence-electron chi connectivity index (χ2n) is 9.18. The summed E-state index contributed by atoms with van der Waals surface area (Å²) in [6.07, 6.45) is 2.73. The molecule has 2 aliphatic rings. The maximum atomic E-state index is 13.3. The van der Waals surface area contributed by atoms with Crippen molar-refractivity contribution in [2.24, 2.45) is 5.92 Å². The number of methoxy groups -OCH3 is 2. The second-order valence-corrected chi connectivity index (χ2v) is 11.5. The zero-order valence-electron chi connectivity index (χ0n) is 19.9. The molecule has 2 heterocycles. The highest BCUT2D eigenvalue weighted by molar-refractivity contribution is 7.89. The maximum absolute atomic E-state index is 13.3. The molecule has 2 aliphatic heterocycles. The van der Waals surface area contributed by atoms with Crippen molar-refractivity contribution in [1.29, 1.82) is 0 Å². The maximum Gasteiger partial charge on any atom is 0.243 e. The fourth-order valence-electron chi connectivity index (χ4n) is 4.97. The van der Waals surface area contributed by atoms with Gasteiger partial charge in [-0.1, -0.05) is 11.6 Å². The molecule has 2 aromatic carbocycles. The summed E-state index contributed by atoms with van der Waals surface area (Å²) >= 11 is 6.17. The Kier molecular flexibility index (Phi) is 7.24. The van der Waals surface area contributed by atoms with Gasteiger partial charge >= 0.3 is 0 Å². The Hall–Kier alpha value is -1.80. The number of aryl methyl sites for hydroxylation is 2. The Morgan fingerprint density at radius 3 is 2.21 bits per heavy atom. The molecule has 0 amide bonds. The predicted molar refractivity (Wildman–Crippen MR) is 131 cm³/mol. The van der Waals surface area contributed by atoms with Gasteiger partial charge in [-0.2, -0.15) is 4.31 Å². The van der Waals surface area contributed by atoms with Crippen molar-refractivity contribution in [3.05, 3.63) is 51.5 Å². The number of fused-ring (bicyclic) bond motifs is 1. The van der Waals surface area contributed by atoms with Gasteiger partial charge in [-0.3, -0.25) is 4.90 Å². The van der Waals surface area contributed by atoms with E-state index in [4.69, 9.17) is 21.1 Å². The van der Waals surface area contributed by atoms with Crippen molar-refractivity contribution in [1.82, 2.24) is 9.21 Å². The quantitative estimate of drug-likeness (QED) is 0.597. The van der Waals surface area contributed by atoms with Crippen LogP contribution >= 0.6 is 11.6 Å². The smallest absolute Gasteiger partial charge is 0.243 e. The van der Waals surface area contributed by atoms with Crippen molar-refractivity contribution in [3.63, 3.8) is 0 Å². The molecule has 1 saturated heterocycles. The first kappa shape index (κ1) is 24.3. The molecule has 0 spiro atoms. The molecule has 1 fully saturated rings. The molecule has 4 rings (SSSR count). The predicted octanol–water partition coefficient (Wildman–Crippen LogP) is 4.43. The zero-order valence-corrected chi connectivity index (χ0v) is 21.4. The third-order valence-corrected chi connectivity index (χ3v) is 9.41. The van der Waals surface area contributed by atoms with E-state index in [1.807, 2.05) is 13.8 Å². The Morgan fingerprint density at radius 2 is 1.58 bits per heavy atom. The van der Waals surface area contributed by atoms with Gasteiger partial charge in [0.25, 0.3) is 0 Å². The number of benzene rings is 2. The molecule has 0 radical (unpaired) electrons. The first-order valence-electron chi connectivity index (χ1n) is 11.5. The zero-order chi connectivity index (χ0) is 23.8. The second kappa shape index (κ2) is 9.82. The molecule has 8 heteroatoms. The monoisotopic (exact) mass is 492 g/mol. The third-order valence-electron chi connectivity index (χ3n) is 6.96. The Bertz CT molecular complexity index is 1130. The Labute approximate surface area is 202 Å². The molecule has 0 unspecified atom stereocenters. The van der Waals surface area contributed by atoms with Gasteiger partial charge in [-0.05, 0) is 85.5 Å². The van der Waals surface area contributed by atoms with E-state index in [1.54, 1.807) is 30.7 Å². The molecule has 0 atom stereocenters. The minimum atomic E-state index is -3.51. The molecule has 180 valence electrons. The molecular formula is C25H33ClN2O4S. The van der Waals surface area contributed by atoms with Crippen LogP contribution in [-0.4, -0.2) is 58.0 Å². The average molecular weight is 493 g/mol. The molecule has 33 heavy (non-hydrogen) atoms. The molecule has 0 N–H and O–H groups in total. The van der Waals surface area contributed by atoms with Crippen LogP contribution < -0.4 is 9.47 Å². The topological polar surface area (TPSA) is 59.1 Å². The fraction of sp³-hybridized carbons (Fsp3) is 0.520. The lowest BCUT2D eigenvalue weighted by atomic mass is 9.94. The van der Waals surface area contributed by atoms with Crippen LogP contribution in [0.2, 0.25) is 5.02 Å². The summed E-state index contributed by atoms with van der Waals surface area (Å²) in [5.74, 6) is 2.04. The number of rotatable bonds is 6. The van der Waals surface area contributed by atoms with Gasteiger partial charge in [0.05, 0.1) is 19.1 Å². The van der Waals surface area contributed by atoms with Crippen LogP contribution in [-0.2, 0) is 23.0 Å². The van der Waals surface area contributed by atoms with Gasteiger partial charge in [0.2, 0.25) is 10.0 Å². The molecule has 2 aromatic rings. The summed E-state index contributed by atoms with van der Waals surface area (Å²) in [5, 5.41) is 0.601. The van der Waals surface area contributed by atoms with E-state index >= 15 is 0 Å². The van der Waals surface area contributed by atoms with Crippen molar-refractivity contribution in [3.8, 4) is 11.5 Å².